The van der Waals surface area contributed by atoms with Crippen molar-refractivity contribution >= 4 is 43.2 Å². The molecular weight excluding hydrogens is 374 g/mol. The highest BCUT2D eigenvalue weighted by molar-refractivity contribution is 9.12. The maximum absolute atomic E-state index is 3.67. The number of hydrogen-bond donors (Lipinski definition) is 1. The number of thiophene rings is 1. The molecule has 104 valence electrons. The van der Waals surface area contributed by atoms with Gasteiger partial charge in [-0.25, -0.2) is 0 Å². The van der Waals surface area contributed by atoms with Crippen molar-refractivity contribution in [3.63, 3.8) is 0 Å². The van der Waals surface area contributed by atoms with Crippen LogP contribution < -0.4 is 5.32 Å². The van der Waals surface area contributed by atoms with Gasteiger partial charge in [-0.05, 0) is 62.9 Å². The molecule has 2 atom stereocenters. The molecule has 18 heavy (non-hydrogen) atoms. The van der Waals surface area contributed by atoms with E-state index in [1.807, 2.05) is 0 Å². The summed E-state index contributed by atoms with van der Waals surface area (Å²) in [4.78, 5) is 0. The van der Waals surface area contributed by atoms with Gasteiger partial charge in [-0.15, -0.1) is 11.3 Å². The Balaban J connectivity index is 2.68. The van der Waals surface area contributed by atoms with Crippen molar-refractivity contribution < 1.29 is 0 Å². The monoisotopic (exact) mass is 395 g/mol. The lowest BCUT2D eigenvalue weighted by atomic mass is 9.90. The van der Waals surface area contributed by atoms with E-state index in [2.05, 4.69) is 64.1 Å². The molecule has 2 unspecified atom stereocenters. The van der Waals surface area contributed by atoms with Crippen LogP contribution in [0, 0.1) is 5.92 Å². The Bertz CT molecular complexity index is 352. The van der Waals surface area contributed by atoms with Crippen LogP contribution in [0.15, 0.2) is 13.6 Å². The van der Waals surface area contributed by atoms with Crippen LogP contribution >= 0.6 is 43.2 Å². The Morgan fingerprint density at radius 1 is 1.33 bits per heavy atom. The average molecular weight is 397 g/mol. The highest BCUT2D eigenvalue weighted by atomic mass is 79.9. The van der Waals surface area contributed by atoms with Gasteiger partial charge in [0.05, 0.1) is 7.57 Å². The van der Waals surface area contributed by atoms with Gasteiger partial charge in [0.1, 0.15) is 0 Å². The highest BCUT2D eigenvalue weighted by Gasteiger charge is 2.19. The number of nitrogens with one attached hydrogen (secondary N) is 1. The quantitative estimate of drug-likeness (QED) is 0.556. The van der Waals surface area contributed by atoms with Crippen molar-refractivity contribution in [2.45, 2.75) is 52.0 Å². The summed E-state index contributed by atoms with van der Waals surface area (Å²) in [6, 6.07) is 2.70. The molecule has 1 heterocycles. The van der Waals surface area contributed by atoms with Crippen molar-refractivity contribution in [3.05, 3.63) is 19.2 Å². The van der Waals surface area contributed by atoms with E-state index in [0.717, 1.165) is 5.92 Å². The smallest absolute Gasteiger partial charge is 0.0758 e. The highest BCUT2D eigenvalue weighted by Crippen LogP contribution is 2.38. The van der Waals surface area contributed by atoms with Crippen LogP contribution in [-0.4, -0.2) is 7.05 Å². The molecule has 0 saturated heterocycles. The van der Waals surface area contributed by atoms with Gasteiger partial charge in [0.25, 0.3) is 0 Å². The molecule has 0 aliphatic rings. The van der Waals surface area contributed by atoms with Crippen LogP contribution in [0.5, 0.6) is 0 Å². The summed E-state index contributed by atoms with van der Waals surface area (Å²) < 4.78 is 2.45. The molecule has 0 amide bonds. The number of hydrogen-bond acceptors (Lipinski definition) is 2. The van der Waals surface area contributed by atoms with E-state index < -0.39 is 0 Å². The van der Waals surface area contributed by atoms with Crippen LogP contribution in [0.2, 0.25) is 0 Å². The molecule has 4 heteroatoms. The van der Waals surface area contributed by atoms with Gasteiger partial charge >= 0.3 is 0 Å². The maximum atomic E-state index is 3.67. The zero-order chi connectivity index (χ0) is 13.5. The summed E-state index contributed by atoms with van der Waals surface area (Å²) in [6.07, 6.45) is 6.52. The predicted octanol–water partition coefficient (Wildman–Crippen LogP) is 6.14. The van der Waals surface area contributed by atoms with E-state index in [1.165, 1.54) is 45.2 Å². The van der Waals surface area contributed by atoms with E-state index >= 15 is 0 Å². The van der Waals surface area contributed by atoms with Crippen molar-refractivity contribution in [1.82, 2.24) is 5.32 Å². The van der Waals surface area contributed by atoms with E-state index in [0.29, 0.717) is 6.04 Å². The normalized spacial score (nSPS) is 14.7. The predicted molar refractivity (Wildman–Crippen MR) is 89.4 cm³/mol. The largest absolute Gasteiger partial charge is 0.313 e. The third-order valence-corrected chi connectivity index (χ3v) is 5.90. The van der Waals surface area contributed by atoms with Crippen molar-refractivity contribution in [3.8, 4) is 0 Å². The number of unbranched alkanes of at least 4 members (excludes halogenated alkanes) is 1. The molecule has 1 N–H and O–H groups in total. The Labute approximate surface area is 132 Å². The fourth-order valence-electron chi connectivity index (χ4n) is 2.31. The fraction of sp³-hybridized carbons (Fsp3) is 0.714. The Morgan fingerprint density at radius 2 is 2.06 bits per heavy atom. The molecule has 0 aliphatic carbocycles. The van der Waals surface area contributed by atoms with E-state index in [-0.39, 0.29) is 0 Å². The lowest BCUT2D eigenvalue weighted by Gasteiger charge is -2.22. The van der Waals surface area contributed by atoms with Crippen LogP contribution in [0.4, 0.5) is 0 Å². The van der Waals surface area contributed by atoms with E-state index in [4.69, 9.17) is 0 Å². The fourth-order valence-corrected chi connectivity index (χ4v) is 5.28. The Hall–Kier alpha value is 0.620. The summed E-state index contributed by atoms with van der Waals surface area (Å²) in [6.45, 7) is 4.58. The molecule has 0 fully saturated rings. The third kappa shape index (κ3) is 4.95. The first-order valence-electron chi connectivity index (χ1n) is 6.74. The minimum Gasteiger partial charge on any atom is -0.313 e. The van der Waals surface area contributed by atoms with Crippen LogP contribution in [-0.2, 0) is 0 Å². The minimum absolute atomic E-state index is 0.462. The molecule has 1 aromatic rings. The molecular formula is C14H23Br2NS. The molecule has 0 radical (unpaired) electrons. The Morgan fingerprint density at radius 3 is 2.50 bits per heavy atom. The number of rotatable bonds is 8. The zero-order valence-corrected chi connectivity index (χ0v) is 15.4. The standard InChI is InChI=1S/C14H23Br2NS/c1-4-6-7-10(5-2)8-12(17-3)11-9-13(15)18-14(11)16/h9-10,12,17H,4-8H2,1-3H3. The lowest BCUT2D eigenvalue weighted by molar-refractivity contribution is 0.365. The Kier molecular flexibility index (Phi) is 8.08. The van der Waals surface area contributed by atoms with Gasteiger partial charge in [0.15, 0.2) is 0 Å². The van der Waals surface area contributed by atoms with Crippen LogP contribution in [0.25, 0.3) is 0 Å². The lowest BCUT2D eigenvalue weighted by Crippen LogP contribution is -2.19. The zero-order valence-electron chi connectivity index (χ0n) is 11.4. The molecule has 0 bridgehead atoms. The van der Waals surface area contributed by atoms with E-state index in [1.54, 1.807) is 11.3 Å². The second kappa shape index (κ2) is 8.72. The summed E-state index contributed by atoms with van der Waals surface area (Å²) >= 11 is 9.00. The molecule has 0 aliphatic heterocycles. The van der Waals surface area contributed by atoms with Gasteiger partial charge in [-0.3, -0.25) is 0 Å². The maximum Gasteiger partial charge on any atom is 0.0758 e. The van der Waals surface area contributed by atoms with Gasteiger partial charge in [-0.1, -0.05) is 39.5 Å². The molecule has 0 saturated carbocycles. The minimum atomic E-state index is 0.462. The third-order valence-electron chi connectivity index (χ3n) is 3.52. The van der Waals surface area contributed by atoms with Crippen molar-refractivity contribution in [1.29, 1.82) is 0 Å². The second-order valence-corrected chi connectivity index (χ2v) is 8.52. The van der Waals surface area contributed by atoms with Gasteiger partial charge in [-0.2, -0.15) is 0 Å². The molecule has 1 rings (SSSR count). The first-order chi connectivity index (χ1) is 8.62. The van der Waals surface area contributed by atoms with Gasteiger partial charge < -0.3 is 5.32 Å². The summed E-state index contributed by atoms with van der Waals surface area (Å²) in [5.41, 5.74) is 1.39. The van der Waals surface area contributed by atoms with Crippen LogP contribution in [0.3, 0.4) is 0 Å². The SMILES string of the molecule is CCCCC(CC)CC(NC)c1cc(Br)sc1Br. The first-order valence-corrected chi connectivity index (χ1v) is 9.14. The average Bonchev–Trinajstić information content (AvgIpc) is 2.69. The number of halogens is 2. The molecule has 1 aromatic heterocycles. The second-order valence-electron chi connectivity index (χ2n) is 4.77. The molecule has 1 nitrogen and oxygen atoms in total. The molecule has 0 aromatic carbocycles. The molecule has 0 spiro atoms. The summed E-state index contributed by atoms with van der Waals surface area (Å²) in [5.74, 6) is 0.827. The van der Waals surface area contributed by atoms with Crippen molar-refractivity contribution in [2.75, 3.05) is 7.05 Å². The van der Waals surface area contributed by atoms with Gasteiger partial charge in [0, 0.05) is 6.04 Å². The van der Waals surface area contributed by atoms with Gasteiger partial charge in [0.2, 0.25) is 0 Å². The van der Waals surface area contributed by atoms with Crippen LogP contribution in [0.1, 0.15) is 57.6 Å². The van der Waals surface area contributed by atoms with Crippen molar-refractivity contribution in [2.24, 2.45) is 5.92 Å². The summed E-state index contributed by atoms with van der Waals surface area (Å²) in [7, 11) is 2.06. The summed E-state index contributed by atoms with van der Waals surface area (Å²) in [5, 5.41) is 3.47. The first kappa shape index (κ1) is 16.7. The topological polar surface area (TPSA) is 12.0 Å². The van der Waals surface area contributed by atoms with E-state index in [9.17, 15) is 0 Å².